The summed E-state index contributed by atoms with van der Waals surface area (Å²) in [5, 5.41) is 2.53. The van der Waals surface area contributed by atoms with E-state index < -0.39 is 28.3 Å². The lowest BCUT2D eigenvalue weighted by Crippen LogP contribution is -2.37. The number of carbonyl (C=O) groups is 1. The molecule has 128 valence electrons. The number of benzene rings is 2. The summed E-state index contributed by atoms with van der Waals surface area (Å²) in [4.78, 5) is 12.1. The molecule has 0 atom stereocenters. The van der Waals surface area contributed by atoms with Crippen LogP contribution in [0.15, 0.2) is 48.5 Å². The normalized spacial score (nSPS) is 11.0. The highest BCUT2D eigenvalue weighted by molar-refractivity contribution is 7.92. The zero-order valence-electron chi connectivity index (χ0n) is 13.2. The molecule has 24 heavy (non-hydrogen) atoms. The van der Waals surface area contributed by atoms with Crippen LogP contribution in [-0.4, -0.2) is 34.2 Å². The van der Waals surface area contributed by atoms with Crippen molar-refractivity contribution in [2.24, 2.45) is 0 Å². The second kappa shape index (κ2) is 7.31. The summed E-state index contributed by atoms with van der Waals surface area (Å²) in [5.74, 6) is -0.394. The molecule has 0 aromatic heterocycles. The van der Waals surface area contributed by atoms with E-state index in [1.54, 1.807) is 24.3 Å². The van der Waals surface area contributed by atoms with Gasteiger partial charge in [-0.25, -0.2) is 12.8 Å². The molecule has 6 nitrogen and oxygen atoms in total. The Kier molecular flexibility index (Phi) is 5.40. The lowest BCUT2D eigenvalue weighted by molar-refractivity contribution is -0.114. The minimum absolute atomic E-state index is 0.340. The molecular weight excluding hydrogens is 335 g/mol. The Morgan fingerprint density at radius 2 is 1.71 bits per heavy atom. The van der Waals surface area contributed by atoms with Crippen molar-refractivity contribution in [2.75, 3.05) is 29.5 Å². The van der Waals surface area contributed by atoms with E-state index in [4.69, 9.17) is 4.74 Å². The van der Waals surface area contributed by atoms with Crippen LogP contribution in [0.25, 0.3) is 0 Å². The van der Waals surface area contributed by atoms with Crippen molar-refractivity contribution in [3.05, 3.63) is 54.3 Å². The summed E-state index contributed by atoms with van der Waals surface area (Å²) >= 11 is 0. The summed E-state index contributed by atoms with van der Waals surface area (Å²) in [6, 6.07) is 11.5. The minimum Gasteiger partial charge on any atom is -0.497 e. The van der Waals surface area contributed by atoms with Crippen molar-refractivity contribution in [2.45, 2.75) is 0 Å². The number of hydrogen-bond donors (Lipinski definition) is 1. The number of rotatable bonds is 6. The summed E-state index contributed by atoms with van der Waals surface area (Å²) in [5.41, 5.74) is 0.720. The summed E-state index contributed by atoms with van der Waals surface area (Å²) in [6.45, 7) is -0.400. The SMILES string of the molecule is COc1ccc(N(CC(=O)Nc2ccc(F)cc2)S(C)(=O)=O)cc1. The molecule has 0 aliphatic carbocycles. The first-order chi connectivity index (χ1) is 11.3. The molecule has 0 spiro atoms. The Bertz CT molecular complexity index is 805. The molecule has 8 heteroatoms. The number of nitrogens with one attached hydrogen (secondary N) is 1. The van der Waals surface area contributed by atoms with Gasteiger partial charge in [0.25, 0.3) is 0 Å². The van der Waals surface area contributed by atoms with E-state index in [2.05, 4.69) is 5.32 Å². The molecule has 0 fully saturated rings. The van der Waals surface area contributed by atoms with Gasteiger partial charge in [-0.3, -0.25) is 9.10 Å². The Morgan fingerprint density at radius 3 is 2.21 bits per heavy atom. The average molecular weight is 352 g/mol. The van der Waals surface area contributed by atoms with Crippen LogP contribution in [0.2, 0.25) is 0 Å². The van der Waals surface area contributed by atoms with E-state index >= 15 is 0 Å². The fraction of sp³-hybridized carbons (Fsp3) is 0.188. The number of amides is 1. The number of halogens is 1. The van der Waals surface area contributed by atoms with E-state index in [1.165, 1.54) is 31.4 Å². The molecule has 2 rings (SSSR count). The molecular formula is C16H17FN2O4S. The van der Waals surface area contributed by atoms with Gasteiger partial charge < -0.3 is 10.1 Å². The minimum atomic E-state index is -3.66. The molecule has 0 aliphatic rings. The Balaban J connectivity index is 2.16. The third-order valence-corrected chi connectivity index (χ3v) is 4.32. The number of ether oxygens (including phenoxy) is 1. The second-order valence-electron chi connectivity index (χ2n) is 5.02. The first-order valence-electron chi connectivity index (χ1n) is 6.97. The Hall–Kier alpha value is -2.61. The first kappa shape index (κ1) is 17.7. The predicted octanol–water partition coefficient (Wildman–Crippen LogP) is 2.24. The van der Waals surface area contributed by atoms with E-state index in [9.17, 15) is 17.6 Å². The smallest absolute Gasteiger partial charge is 0.245 e. The summed E-state index contributed by atoms with van der Waals surface area (Å²) in [6.07, 6.45) is 1.02. The van der Waals surface area contributed by atoms with Gasteiger partial charge in [0.15, 0.2) is 0 Å². The Morgan fingerprint density at radius 1 is 1.12 bits per heavy atom. The fourth-order valence-corrected chi connectivity index (χ4v) is 2.87. The van der Waals surface area contributed by atoms with E-state index in [0.717, 1.165) is 10.6 Å². The number of anilines is 2. The lowest BCUT2D eigenvalue weighted by Gasteiger charge is -2.22. The molecule has 0 saturated heterocycles. The van der Waals surface area contributed by atoms with Crippen LogP contribution in [-0.2, 0) is 14.8 Å². The van der Waals surface area contributed by atoms with Crippen molar-refractivity contribution < 1.29 is 22.3 Å². The maximum absolute atomic E-state index is 12.9. The largest absolute Gasteiger partial charge is 0.497 e. The maximum Gasteiger partial charge on any atom is 0.245 e. The van der Waals surface area contributed by atoms with E-state index in [1.807, 2.05) is 0 Å². The van der Waals surface area contributed by atoms with Gasteiger partial charge in [0.1, 0.15) is 18.1 Å². The molecule has 1 N–H and O–H groups in total. The first-order valence-corrected chi connectivity index (χ1v) is 8.81. The van der Waals surface area contributed by atoms with Crippen LogP contribution in [0, 0.1) is 5.82 Å². The molecule has 0 bridgehead atoms. The van der Waals surface area contributed by atoms with Crippen molar-refractivity contribution in [1.82, 2.24) is 0 Å². The van der Waals surface area contributed by atoms with Gasteiger partial charge in [-0.05, 0) is 48.5 Å². The van der Waals surface area contributed by atoms with Crippen LogP contribution >= 0.6 is 0 Å². The third-order valence-electron chi connectivity index (χ3n) is 3.18. The molecule has 0 saturated carbocycles. The molecule has 0 radical (unpaired) electrons. The summed E-state index contributed by atoms with van der Waals surface area (Å²) in [7, 11) is -2.16. The van der Waals surface area contributed by atoms with Gasteiger partial charge >= 0.3 is 0 Å². The number of nitrogens with zero attached hydrogens (tertiary/aromatic N) is 1. The highest BCUT2D eigenvalue weighted by Gasteiger charge is 2.21. The number of hydrogen-bond acceptors (Lipinski definition) is 4. The monoisotopic (exact) mass is 352 g/mol. The van der Waals surface area contributed by atoms with Gasteiger partial charge in [-0.15, -0.1) is 0 Å². The quantitative estimate of drug-likeness (QED) is 0.865. The molecule has 0 heterocycles. The van der Waals surface area contributed by atoms with Crippen molar-refractivity contribution >= 4 is 27.3 Å². The number of carbonyl (C=O) groups excluding carboxylic acids is 1. The van der Waals surface area contributed by atoms with E-state index in [-0.39, 0.29) is 0 Å². The molecule has 2 aromatic rings. The Labute approximate surface area is 139 Å². The van der Waals surface area contributed by atoms with Crippen molar-refractivity contribution in [3.8, 4) is 5.75 Å². The van der Waals surface area contributed by atoms with Crippen LogP contribution in [0.3, 0.4) is 0 Å². The van der Waals surface area contributed by atoms with Gasteiger partial charge in [-0.2, -0.15) is 0 Å². The van der Waals surface area contributed by atoms with Crippen LogP contribution in [0.4, 0.5) is 15.8 Å². The average Bonchev–Trinajstić information content (AvgIpc) is 2.54. The lowest BCUT2D eigenvalue weighted by atomic mass is 10.3. The van der Waals surface area contributed by atoms with Gasteiger partial charge in [-0.1, -0.05) is 0 Å². The fourth-order valence-electron chi connectivity index (χ4n) is 2.01. The van der Waals surface area contributed by atoms with Crippen molar-refractivity contribution in [3.63, 3.8) is 0 Å². The highest BCUT2D eigenvalue weighted by Crippen LogP contribution is 2.21. The van der Waals surface area contributed by atoms with Gasteiger partial charge in [0.05, 0.1) is 19.1 Å². The molecule has 2 aromatic carbocycles. The van der Waals surface area contributed by atoms with E-state index in [0.29, 0.717) is 17.1 Å². The predicted molar refractivity (Wildman–Crippen MR) is 90.2 cm³/mol. The van der Waals surface area contributed by atoms with Gasteiger partial charge in [0, 0.05) is 5.69 Å². The maximum atomic E-state index is 12.9. The van der Waals surface area contributed by atoms with Crippen LogP contribution < -0.4 is 14.4 Å². The number of sulfonamides is 1. The number of methoxy groups -OCH3 is 1. The molecule has 1 amide bonds. The zero-order chi connectivity index (χ0) is 17.7. The van der Waals surface area contributed by atoms with Crippen LogP contribution in [0.1, 0.15) is 0 Å². The van der Waals surface area contributed by atoms with Crippen molar-refractivity contribution in [1.29, 1.82) is 0 Å². The van der Waals surface area contributed by atoms with Crippen LogP contribution in [0.5, 0.6) is 5.75 Å². The molecule has 0 unspecified atom stereocenters. The summed E-state index contributed by atoms with van der Waals surface area (Å²) < 4.78 is 42.8. The second-order valence-corrected chi connectivity index (χ2v) is 6.93. The zero-order valence-corrected chi connectivity index (χ0v) is 14.0. The molecule has 0 aliphatic heterocycles. The van der Waals surface area contributed by atoms with Gasteiger partial charge in [0.2, 0.25) is 15.9 Å². The highest BCUT2D eigenvalue weighted by atomic mass is 32.2. The topological polar surface area (TPSA) is 75.7 Å². The third kappa shape index (κ3) is 4.69. The standard InChI is InChI=1S/C16H17FN2O4S/c1-23-15-9-7-14(8-10-15)19(24(2,21)22)11-16(20)18-13-5-3-12(17)4-6-13/h3-10H,11H2,1-2H3,(H,18,20).